The van der Waals surface area contributed by atoms with Gasteiger partial charge in [-0.2, -0.15) is 0 Å². The van der Waals surface area contributed by atoms with Crippen molar-refractivity contribution >= 4 is 0 Å². The largest absolute Gasteiger partial charge is 0.385 e. The molecule has 0 amide bonds. The standard InChI is InChI=1S/C14H21FO/c1-4-11(5-2)10-14(3,16)12-7-6-8-13(15)9-12/h6-9,11,16H,4-5,10H2,1-3H3. The molecule has 1 rings (SSSR count). The minimum atomic E-state index is -0.932. The van der Waals surface area contributed by atoms with Crippen molar-refractivity contribution in [1.82, 2.24) is 0 Å². The zero-order valence-electron chi connectivity index (χ0n) is 10.3. The summed E-state index contributed by atoms with van der Waals surface area (Å²) >= 11 is 0. The van der Waals surface area contributed by atoms with Crippen molar-refractivity contribution in [3.63, 3.8) is 0 Å². The molecule has 0 aliphatic heterocycles. The third-order valence-electron chi connectivity index (χ3n) is 3.29. The van der Waals surface area contributed by atoms with Crippen molar-refractivity contribution < 1.29 is 9.50 Å². The summed E-state index contributed by atoms with van der Waals surface area (Å²) in [4.78, 5) is 0. The van der Waals surface area contributed by atoms with E-state index in [0.29, 0.717) is 17.9 Å². The molecule has 1 atom stereocenters. The van der Waals surface area contributed by atoms with E-state index in [2.05, 4.69) is 13.8 Å². The van der Waals surface area contributed by atoms with Gasteiger partial charge in [0.25, 0.3) is 0 Å². The quantitative estimate of drug-likeness (QED) is 0.805. The second-order valence-electron chi connectivity index (χ2n) is 4.67. The maximum Gasteiger partial charge on any atom is 0.123 e. The van der Waals surface area contributed by atoms with Crippen molar-refractivity contribution in [1.29, 1.82) is 0 Å². The molecule has 0 aromatic heterocycles. The molecule has 1 unspecified atom stereocenters. The Morgan fingerprint density at radius 2 is 1.94 bits per heavy atom. The van der Waals surface area contributed by atoms with Crippen LogP contribution >= 0.6 is 0 Å². The Bertz CT molecular complexity index is 329. The molecule has 0 heterocycles. The average molecular weight is 224 g/mol. The summed E-state index contributed by atoms with van der Waals surface area (Å²) < 4.78 is 13.1. The summed E-state index contributed by atoms with van der Waals surface area (Å²) in [5.74, 6) is 0.195. The SMILES string of the molecule is CCC(CC)CC(C)(O)c1cccc(F)c1. The number of hydrogen-bond donors (Lipinski definition) is 1. The Balaban J connectivity index is 2.84. The number of aliphatic hydroxyl groups is 1. The van der Waals surface area contributed by atoms with E-state index >= 15 is 0 Å². The van der Waals surface area contributed by atoms with Crippen LogP contribution in [0.5, 0.6) is 0 Å². The van der Waals surface area contributed by atoms with Gasteiger partial charge in [-0.3, -0.25) is 0 Å². The third kappa shape index (κ3) is 3.31. The Morgan fingerprint density at radius 1 is 1.31 bits per heavy atom. The third-order valence-corrected chi connectivity index (χ3v) is 3.29. The molecule has 0 aliphatic carbocycles. The smallest absolute Gasteiger partial charge is 0.123 e. The van der Waals surface area contributed by atoms with Crippen molar-refractivity contribution in [3.8, 4) is 0 Å². The van der Waals surface area contributed by atoms with Crippen LogP contribution in [0.3, 0.4) is 0 Å². The van der Waals surface area contributed by atoms with E-state index in [0.717, 1.165) is 12.8 Å². The second-order valence-corrected chi connectivity index (χ2v) is 4.67. The molecule has 1 aromatic carbocycles. The fraction of sp³-hybridized carbons (Fsp3) is 0.571. The molecule has 0 spiro atoms. The van der Waals surface area contributed by atoms with Crippen LogP contribution in [-0.2, 0) is 5.60 Å². The van der Waals surface area contributed by atoms with E-state index in [4.69, 9.17) is 0 Å². The number of benzene rings is 1. The molecular weight excluding hydrogens is 203 g/mol. The summed E-state index contributed by atoms with van der Waals surface area (Å²) in [6.45, 7) is 6.01. The van der Waals surface area contributed by atoms with Gasteiger partial charge in [-0.05, 0) is 37.0 Å². The van der Waals surface area contributed by atoms with Crippen LogP contribution in [0.4, 0.5) is 4.39 Å². The lowest BCUT2D eigenvalue weighted by Gasteiger charge is -2.28. The predicted octanol–water partition coefficient (Wildman–Crippen LogP) is 3.86. The van der Waals surface area contributed by atoms with E-state index in [-0.39, 0.29) is 5.82 Å². The zero-order chi connectivity index (χ0) is 12.2. The van der Waals surface area contributed by atoms with E-state index in [9.17, 15) is 9.50 Å². The maximum absolute atomic E-state index is 13.1. The van der Waals surface area contributed by atoms with Crippen molar-refractivity contribution in [2.75, 3.05) is 0 Å². The Morgan fingerprint density at radius 3 is 2.44 bits per heavy atom. The van der Waals surface area contributed by atoms with Gasteiger partial charge in [0.1, 0.15) is 5.82 Å². The molecule has 1 N–H and O–H groups in total. The van der Waals surface area contributed by atoms with Gasteiger partial charge >= 0.3 is 0 Å². The molecule has 0 saturated heterocycles. The van der Waals surface area contributed by atoms with E-state index in [1.165, 1.54) is 12.1 Å². The Labute approximate surface area is 97.3 Å². The van der Waals surface area contributed by atoms with Crippen LogP contribution < -0.4 is 0 Å². The molecule has 0 saturated carbocycles. The van der Waals surface area contributed by atoms with Gasteiger partial charge in [-0.15, -0.1) is 0 Å². The molecule has 1 nitrogen and oxygen atoms in total. The predicted molar refractivity (Wildman–Crippen MR) is 64.7 cm³/mol. The maximum atomic E-state index is 13.1. The fourth-order valence-electron chi connectivity index (χ4n) is 2.08. The highest BCUT2D eigenvalue weighted by Gasteiger charge is 2.26. The number of hydrogen-bond acceptors (Lipinski definition) is 1. The highest BCUT2D eigenvalue weighted by Crippen LogP contribution is 2.31. The first kappa shape index (κ1) is 13.2. The van der Waals surface area contributed by atoms with Gasteiger partial charge in [0, 0.05) is 0 Å². The number of halogens is 1. The molecule has 0 bridgehead atoms. The Hall–Kier alpha value is -0.890. The first-order chi connectivity index (χ1) is 7.49. The summed E-state index contributed by atoms with van der Waals surface area (Å²) in [6, 6.07) is 6.25. The summed E-state index contributed by atoms with van der Waals surface area (Å²) in [6.07, 6.45) is 2.77. The van der Waals surface area contributed by atoms with E-state index in [1.54, 1.807) is 19.1 Å². The monoisotopic (exact) mass is 224 g/mol. The fourth-order valence-corrected chi connectivity index (χ4v) is 2.08. The second kappa shape index (κ2) is 5.44. The molecular formula is C14H21FO. The topological polar surface area (TPSA) is 20.2 Å². The van der Waals surface area contributed by atoms with E-state index in [1.807, 2.05) is 0 Å². The van der Waals surface area contributed by atoms with Gasteiger partial charge in [0.15, 0.2) is 0 Å². The Kier molecular flexibility index (Phi) is 4.48. The van der Waals surface area contributed by atoms with Crippen LogP contribution in [0.15, 0.2) is 24.3 Å². The summed E-state index contributed by atoms with van der Waals surface area (Å²) in [7, 11) is 0. The zero-order valence-corrected chi connectivity index (χ0v) is 10.3. The lowest BCUT2D eigenvalue weighted by atomic mass is 9.84. The lowest BCUT2D eigenvalue weighted by Crippen LogP contribution is -2.24. The van der Waals surface area contributed by atoms with Gasteiger partial charge < -0.3 is 5.11 Å². The highest BCUT2D eigenvalue weighted by atomic mass is 19.1. The van der Waals surface area contributed by atoms with Crippen LogP contribution in [-0.4, -0.2) is 5.11 Å². The normalized spacial score (nSPS) is 15.1. The van der Waals surface area contributed by atoms with Gasteiger partial charge in [-0.25, -0.2) is 4.39 Å². The molecule has 16 heavy (non-hydrogen) atoms. The van der Waals surface area contributed by atoms with Crippen LogP contribution in [0.25, 0.3) is 0 Å². The molecule has 2 heteroatoms. The highest BCUT2D eigenvalue weighted by molar-refractivity contribution is 5.22. The van der Waals surface area contributed by atoms with Gasteiger partial charge in [-0.1, -0.05) is 38.8 Å². The van der Waals surface area contributed by atoms with Crippen molar-refractivity contribution in [3.05, 3.63) is 35.6 Å². The van der Waals surface area contributed by atoms with E-state index < -0.39 is 5.60 Å². The van der Waals surface area contributed by atoms with Crippen LogP contribution in [0.2, 0.25) is 0 Å². The molecule has 0 fully saturated rings. The molecule has 1 aromatic rings. The molecule has 90 valence electrons. The minimum absolute atomic E-state index is 0.290. The number of rotatable bonds is 5. The summed E-state index contributed by atoms with van der Waals surface area (Å²) in [5.41, 5.74) is -0.266. The van der Waals surface area contributed by atoms with Crippen LogP contribution in [0, 0.1) is 11.7 Å². The molecule has 0 radical (unpaired) electrons. The van der Waals surface area contributed by atoms with Crippen LogP contribution in [0.1, 0.15) is 45.6 Å². The average Bonchev–Trinajstić information content (AvgIpc) is 2.26. The van der Waals surface area contributed by atoms with Gasteiger partial charge in [0.05, 0.1) is 5.60 Å². The minimum Gasteiger partial charge on any atom is -0.385 e. The summed E-state index contributed by atoms with van der Waals surface area (Å²) in [5, 5.41) is 10.4. The first-order valence-corrected chi connectivity index (χ1v) is 5.98. The van der Waals surface area contributed by atoms with Crippen molar-refractivity contribution in [2.45, 2.75) is 45.6 Å². The van der Waals surface area contributed by atoms with Crippen molar-refractivity contribution in [2.24, 2.45) is 5.92 Å². The lowest BCUT2D eigenvalue weighted by molar-refractivity contribution is 0.0283. The molecule has 0 aliphatic rings. The van der Waals surface area contributed by atoms with Gasteiger partial charge in [0.2, 0.25) is 0 Å². The first-order valence-electron chi connectivity index (χ1n) is 5.98.